The molecule has 6 nitrogen and oxygen atoms in total. The molecule has 0 saturated carbocycles. The molecule has 6 heteroatoms. The Morgan fingerprint density at radius 1 is 0.853 bits per heavy atom. The SMILES string of the molecule is COc1ccc(C(=O)Nc2ccc3c(c2)OCO3)cc1COc1ccc(-c2ccccc2)cc1. The summed E-state index contributed by atoms with van der Waals surface area (Å²) < 4.78 is 22.1. The smallest absolute Gasteiger partial charge is 0.255 e. The Morgan fingerprint density at radius 3 is 2.41 bits per heavy atom. The highest BCUT2D eigenvalue weighted by molar-refractivity contribution is 6.04. The monoisotopic (exact) mass is 453 g/mol. The third kappa shape index (κ3) is 4.66. The third-order valence-corrected chi connectivity index (χ3v) is 5.53. The molecule has 1 heterocycles. The van der Waals surface area contributed by atoms with Crippen LogP contribution in [0.2, 0.25) is 0 Å². The van der Waals surface area contributed by atoms with Crippen LogP contribution in [0.4, 0.5) is 5.69 Å². The van der Waals surface area contributed by atoms with E-state index in [0.717, 1.165) is 22.4 Å². The van der Waals surface area contributed by atoms with Crippen molar-refractivity contribution < 1.29 is 23.7 Å². The van der Waals surface area contributed by atoms with Gasteiger partial charge in [0.25, 0.3) is 5.91 Å². The van der Waals surface area contributed by atoms with Crippen LogP contribution in [0.15, 0.2) is 91.0 Å². The third-order valence-electron chi connectivity index (χ3n) is 5.53. The zero-order chi connectivity index (χ0) is 23.3. The molecule has 0 aliphatic carbocycles. The van der Waals surface area contributed by atoms with Crippen LogP contribution in [0, 0.1) is 0 Å². The van der Waals surface area contributed by atoms with Crippen LogP contribution in [-0.4, -0.2) is 19.8 Å². The van der Waals surface area contributed by atoms with Crippen molar-refractivity contribution in [1.82, 2.24) is 0 Å². The minimum atomic E-state index is -0.241. The summed E-state index contributed by atoms with van der Waals surface area (Å²) in [5.74, 6) is 2.42. The number of hydrogen-bond acceptors (Lipinski definition) is 5. The Hall–Kier alpha value is -4.45. The summed E-state index contributed by atoms with van der Waals surface area (Å²) >= 11 is 0. The van der Waals surface area contributed by atoms with Gasteiger partial charge in [-0.05, 0) is 53.6 Å². The average Bonchev–Trinajstić information content (AvgIpc) is 3.36. The quantitative estimate of drug-likeness (QED) is 0.376. The Bertz CT molecular complexity index is 1300. The number of methoxy groups -OCH3 is 1. The van der Waals surface area contributed by atoms with Gasteiger partial charge in [0, 0.05) is 22.9 Å². The van der Waals surface area contributed by atoms with Gasteiger partial charge in [0.05, 0.1) is 7.11 Å². The maximum atomic E-state index is 12.8. The molecule has 1 amide bonds. The normalized spacial score (nSPS) is 11.7. The molecule has 0 bridgehead atoms. The van der Waals surface area contributed by atoms with Crippen LogP contribution in [0.1, 0.15) is 15.9 Å². The number of carbonyl (C=O) groups excluding carboxylic acids is 1. The van der Waals surface area contributed by atoms with Crippen molar-refractivity contribution in [3.63, 3.8) is 0 Å². The maximum Gasteiger partial charge on any atom is 0.255 e. The number of carbonyl (C=O) groups is 1. The number of benzene rings is 4. The predicted molar refractivity (Wildman–Crippen MR) is 130 cm³/mol. The topological polar surface area (TPSA) is 66.0 Å². The van der Waals surface area contributed by atoms with E-state index in [1.54, 1.807) is 43.5 Å². The predicted octanol–water partition coefficient (Wildman–Crippen LogP) is 5.92. The summed E-state index contributed by atoms with van der Waals surface area (Å²) in [5.41, 5.74) is 4.16. The molecule has 5 rings (SSSR count). The van der Waals surface area contributed by atoms with Gasteiger partial charge >= 0.3 is 0 Å². The molecule has 1 N–H and O–H groups in total. The molecule has 0 fully saturated rings. The number of amides is 1. The van der Waals surface area contributed by atoms with Crippen molar-refractivity contribution in [3.8, 4) is 34.1 Å². The number of ether oxygens (including phenoxy) is 4. The highest BCUT2D eigenvalue weighted by Gasteiger charge is 2.16. The van der Waals surface area contributed by atoms with Gasteiger partial charge in [-0.2, -0.15) is 0 Å². The van der Waals surface area contributed by atoms with E-state index in [-0.39, 0.29) is 19.3 Å². The fourth-order valence-electron chi connectivity index (χ4n) is 3.75. The summed E-state index contributed by atoms with van der Waals surface area (Å²) in [6, 6.07) is 28.6. The molecule has 1 aliphatic rings. The van der Waals surface area contributed by atoms with E-state index in [0.29, 0.717) is 28.5 Å². The molecule has 0 aromatic heterocycles. The van der Waals surface area contributed by atoms with Crippen molar-refractivity contribution >= 4 is 11.6 Å². The number of rotatable bonds is 7. The molecule has 170 valence electrons. The zero-order valence-electron chi connectivity index (χ0n) is 18.6. The standard InChI is InChI=1S/C28H23NO5/c1-31-25-13-9-21(28(30)29-23-10-14-26-27(16-23)34-18-33-26)15-22(25)17-32-24-11-7-20(8-12-24)19-5-3-2-4-6-19/h2-16H,17-18H2,1H3,(H,29,30). The summed E-state index contributed by atoms with van der Waals surface area (Å²) in [6.45, 7) is 0.447. The largest absolute Gasteiger partial charge is 0.496 e. The van der Waals surface area contributed by atoms with E-state index in [9.17, 15) is 4.79 Å². The lowest BCUT2D eigenvalue weighted by molar-refractivity contribution is 0.102. The van der Waals surface area contributed by atoms with Crippen LogP contribution in [0.5, 0.6) is 23.0 Å². The van der Waals surface area contributed by atoms with Crippen molar-refractivity contribution in [2.75, 3.05) is 19.2 Å². The lowest BCUT2D eigenvalue weighted by Gasteiger charge is -2.13. The molecular formula is C28H23NO5. The van der Waals surface area contributed by atoms with Crippen LogP contribution in [0.3, 0.4) is 0 Å². The first-order valence-corrected chi connectivity index (χ1v) is 10.9. The Kier molecular flexibility index (Phi) is 6.03. The Morgan fingerprint density at radius 2 is 1.62 bits per heavy atom. The zero-order valence-corrected chi connectivity index (χ0v) is 18.6. The van der Waals surface area contributed by atoms with Gasteiger partial charge in [-0.3, -0.25) is 4.79 Å². The second kappa shape index (κ2) is 9.58. The van der Waals surface area contributed by atoms with Gasteiger partial charge in [0.15, 0.2) is 11.5 Å². The second-order valence-electron chi connectivity index (χ2n) is 7.73. The molecule has 4 aromatic carbocycles. The van der Waals surface area contributed by atoms with Crippen molar-refractivity contribution in [2.24, 2.45) is 0 Å². The highest BCUT2D eigenvalue weighted by atomic mass is 16.7. The van der Waals surface area contributed by atoms with E-state index < -0.39 is 0 Å². The minimum Gasteiger partial charge on any atom is -0.496 e. The Labute approximate surface area is 197 Å². The van der Waals surface area contributed by atoms with E-state index >= 15 is 0 Å². The van der Waals surface area contributed by atoms with Gasteiger partial charge in [0.1, 0.15) is 18.1 Å². The van der Waals surface area contributed by atoms with E-state index in [4.69, 9.17) is 18.9 Å². The van der Waals surface area contributed by atoms with Gasteiger partial charge in [0.2, 0.25) is 6.79 Å². The van der Waals surface area contributed by atoms with Crippen LogP contribution >= 0.6 is 0 Å². The van der Waals surface area contributed by atoms with Gasteiger partial charge in [-0.15, -0.1) is 0 Å². The lowest BCUT2D eigenvalue weighted by atomic mass is 10.1. The van der Waals surface area contributed by atoms with Gasteiger partial charge in [-0.25, -0.2) is 0 Å². The molecule has 0 atom stereocenters. The van der Waals surface area contributed by atoms with Crippen molar-refractivity contribution in [2.45, 2.75) is 6.61 Å². The van der Waals surface area contributed by atoms with Crippen molar-refractivity contribution in [3.05, 3.63) is 102 Å². The molecule has 1 aliphatic heterocycles. The van der Waals surface area contributed by atoms with E-state index in [1.165, 1.54) is 0 Å². The second-order valence-corrected chi connectivity index (χ2v) is 7.73. The first kappa shape index (κ1) is 21.4. The van der Waals surface area contributed by atoms with E-state index in [2.05, 4.69) is 17.4 Å². The molecule has 4 aromatic rings. The van der Waals surface area contributed by atoms with Crippen molar-refractivity contribution in [1.29, 1.82) is 0 Å². The molecule has 0 saturated heterocycles. The average molecular weight is 453 g/mol. The first-order valence-electron chi connectivity index (χ1n) is 10.9. The number of anilines is 1. The summed E-state index contributed by atoms with van der Waals surface area (Å²) in [7, 11) is 1.60. The fraction of sp³-hybridized carbons (Fsp3) is 0.107. The maximum absolute atomic E-state index is 12.8. The summed E-state index contributed by atoms with van der Waals surface area (Å²) in [5, 5.41) is 2.89. The van der Waals surface area contributed by atoms with Crippen LogP contribution in [0.25, 0.3) is 11.1 Å². The summed E-state index contributed by atoms with van der Waals surface area (Å²) in [6.07, 6.45) is 0. The molecule has 0 radical (unpaired) electrons. The first-order chi connectivity index (χ1) is 16.7. The molecule has 0 unspecified atom stereocenters. The molecular weight excluding hydrogens is 430 g/mol. The number of nitrogens with one attached hydrogen (secondary N) is 1. The van der Waals surface area contributed by atoms with Crippen LogP contribution in [-0.2, 0) is 6.61 Å². The Balaban J connectivity index is 1.28. The minimum absolute atomic E-state index is 0.184. The summed E-state index contributed by atoms with van der Waals surface area (Å²) in [4.78, 5) is 12.8. The highest BCUT2D eigenvalue weighted by Crippen LogP contribution is 2.34. The lowest BCUT2D eigenvalue weighted by Crippen LogP contribution is -2.12. The molecule has 0 spiro atoms. The molecule has 34 heavy (non-hydrogen) atoms. The van der Waals surface area contributed by atoms with Gasteiger partial charge < -0.3 is 24.3 Å². The van der Waals surface area contributed by atoms with E-state index in [1.807, 2.05) is 42.5 Å². The fourth-order valence-corrected chi connectivity index (χ4v) is 3.75. The van der Waals surface area contributed by atoms with Gasteiger partial charge in [-0.1, -0.05) is 42.5 Å². The van der Waals surface area contributed by atoms with Crippen LogP contribution < -0.4 is 24.3 Å². The number of hydrogen-bond donors (Lipinski definition) is 1. The number of fused-ring (bicyclic) bond motifs is 1.